The standard InChI is InChI=1S/C15H23N/c1-11-6-5-7-12(2)15(11)14(16)10-13-8-3-4-9-13/h5-7,13-14H,3-4,8-10,16H2,1-2H3. The van der Waals surface area contributed by atoms with Gasteiger partial charge in [-0.05, 0) is 42.9 Å². The van der Waals surface area contributed by atoms with Crippen LogP contribution in [0.2, 0.25) is 0 Å². The zero-order valence-corrected chi connectivity index (χ0v) is 10.5. The number of hydrogen-bond donors (Lipinski definition) is 1. The summed E-state index contributed by atoms with van der Waals surface area (Å²) in [7, 11) is 0. The molecular weight excluding hydrogens is 194 g/mol. The van der Waals surface area contributed by atoms with Crippen LogP contribution < -0.4 is 5.73 Å². The van der Waals surface area contributed by atoms with Crippen LogP contribution in [0.4, 0.5) is 0 Å². The predicted molar refractivity (Wildman–Crippen MR) is 69.4 cm³/mol. The molecule has 1 fully saturated rings. The maximum absolute atomic E-state index is 6.38. The molecule has 1 unspecified atom stereocenters. The summed E-state index contributed by atoms with van der Waals surface area (Å²) < 4.78 is 0. The summed E-state index contributed by atoms with van der Waals surface area (Å²) in [5, 5.41) is 0. The minimum atomic E-state index is 0.240. The van der Waals surface area contributed by atoms with Gasteiger partial charge in [0.2, 0.25) is 0 Å². The summed E-state index contributed by atoms with van der Waals surface area (Å²) in [4.78, 5) is 0. The van der Waals surface area contributed by atoms with Crippen LogP contribution >= 0.6 is 0 Å². The topological polar surface area (TPSA) is 26.0 Å². The molecule has 1 aliphatic carbocycles. The molecule has 0 saturated heterocycles. The van der Waals surface area contributed by atoms with Crippen LogP contribution in [0, 0.1) is 19.8 Å². The van der Waals surface area contributed by atoms with E-state index < -0.39 is 0 Å². The quantitative estimate of drug-likeness (QED) is 0.817. The number of rotatable bonds is 3. The van der Waals surface area contributed by atoms with Gasteiger partial charge in [-0.15, -0.1) is 0 Å². The van der Waals surface area contributed by atoms with E-state index in [4.69, 9.17) is 5.73 Å². The van der Waals surface area contributed by atoms with Gasteiger partial charge in [0.25, 0.3) is 0 Å². The highest BCUT2D eigenvalue weighted by molar-refractivity contribution is 5.35. The van der Waals surface area contributed by atoms with Crippen LogP contribution in [-0.4, -0.2) is 0 Å². The molecule has 0 amide bonds. The largest absolute Gasteiger partial charge is 0.324 e. The van der Waals surface area contributed by atoms with Crippen molar-refractivity contribution in [3.63, 3.8) is 0 Å². The molecule has 16 heavy (non-hydrogen) atoms. The highest BCUT2D eigenvalue weighted by Crippen LogP contribution is 2.33. The average Bonchev–Trinajstić information content (AvgIpc) is 2.70. The Hall–Kier alpha value is -0.820. The third kappa shape index (κ3) is 2.46. The van der Waals surface area contributed by atoms with Crippen molar-refractivity contribution < 1.29 is 0 Å². The molecular formula is C15H23N. The van der Waals surface area contributed by atoms with Crippen molar-refractivity contribution in [2.24, 2.45) is 11.7 Å². The highest BCUT2D eigenvalue weighted by Gasteiger charge is 2.20. The minimum absolute atomic E-state index is 0.240. The fraction of sp³-hybridized carbons (Fsp3) is 0.600. The van der Waals surface area contributed by atoms with Crippen molar-refractivity contribution in [1.29, 1.82) is 0 Å². The van der Waals surface area contributed by atoms with Crippen LogP contribution in [-0.2, 0) is 0 Å². The van der Waals surface area contributed by atoms with Crippen molar-refractivity contribution in [2.45, 2.75) is 52.0 Å². The maximum Gasteiger partial charge on any atom is 0.0302 e. The third-order valence-electron chi connectivity index (χ3n) is 3.97. The molecule has 1 aliphatic rings. The second-order valence-corrected chi connectivity index (χ2v) is 5.30. The van der Waals surface area contributed by atoms with Crippen LogP contribution in [0.3, 0.4) is 0 Å². The van der Waals surface area contributed by atoms with Crippen molar-refractivity contribution in [2.75, 3.05) is 0 Å². The van der Waals surface area contributed by atoms with E-state index in [1.54, 1.807) is 0 Å². The summed E-state index contributed by atoms with van der Waals surface area (Å²) in [5.41, 5.74) is 10.5. The van der Waals surface area contributed by atoms with E-state index in [0.717, 1.165) is 5.92 Å². The van der Waals surface area contributed by atoms with E-state index in [-0.39, 0.29) is 6.04 Å². The first-order valence-corrected chi connectivity index (χ1v) is 6.50. The summed E-state index contributed by atoms with van der Waals surface area (Å²) in [5.74, 6) is 0.869. The first-order valence-electron chi connectivity index (χ1n) is 6.50. The number of hydrogen-bond acceptors (Lipinski definition) is 1. The van der Waals surface area contributed by atoms with E-state index in [1.807, 2.05) is 0 Å². The zero-order valence-electron chi connectivity index (χ0n) is 10.5. The van der Waals surface area contributed by atoms with Crippen molar-refractivity contribution in [3.8, 4) is 0 Å². The number of aryl methyl sites for hydroxylation is 2. The molecule has 1 nitrogen and oxygen atoms in total. The van der Waals surface area contributed by atoms with Gasteiger partial charge >= 0.3 is 0 Å². The second kappa shape index (κ2) is 5.01. The normalized spacial score (nSPS) is 18.9. The van der Waals surface area contributed by atoms with Gasteiger partial charge in [0.1, 0.15) is 0 Å². The van der Waals surface area contributed by atoms with Gasteiger partial charge in [0.05, 0.1) is 0 Å². The fourth-order valence-electron chi connectivity index (χ4n) is 3.14. The van der Waals surface area contributed by atoms with Crippen LogP contribution in [0.1, 0.15) is 54.8 Å². The molecule has 0 heterocycles. The molecule has 2 N–H and O–H groups in total. The van der Waals surface area contributed by atoms with Gasteiger partial charge in [-0.1, -0.05) is 43.9 Å². The number of benzene rings is 1. The molecule has 0 radical (unpaired) electrons. The minimum Gasteiger partial charge on any atom is -0.324 e. The summed E-state index contributed by atoms with van der Waals surface area (Å²) in [6, 6.07) is 6.72. The first kappa shape index (κ1) is 11.7. The van der Waals surface area contributed by atoms with E-state index in [0.29, 0.717) is 0 Å². The van der Waals surface area contributed by atoms with Crippen LogP contribution in [0.25, 0.3) is 0 Å². The molecule has 1 saturated carbocycles. The Morgan fingerprint density at radius 3 is 2.31 bits per heavy atom. The second-order valence-electron chi connectivity index (χ2n) is 5.30. The first-order chi connectivity index (χ1) is 7.68. The van der Waals surface area contributed by atoms with Crippen molar-refractivity contribution in [3.05, 3.63) is 34.9 Å². The van der Waals surface area contributed by atoms with Gasteiger partial charge in [-0.2, -0.15) is 0 Å². The summed E-state index contributed by atoms with van der Waals surface area (Å²) in [6.07, 6.45) is 6.76. The van der Waals surface area contributed by atoms with Crippen LogP contribution in [0.15, 0.2) is 18.2 Å². The Balaban J connectivity index is 2.10. The van der Waals surface area contributed by atoms with E-state index in [2.05, 4.69) is 32.0 Å². The van der Waals surface area contributed by atoms with Gasteiger partial charge in [0.15, 0.2) is 0 Å². The predicted octanol–water partition coefficient (Wildman–Crippen LogP) is 3.88. The number of nitrogens with two attached hydrogens (primary N) is 1. The van der Waals surface area contributed by atoms with E-state index >= 15 is 0 Å². The fourth-order valence-corrected chi connectivity index (χ4v) is 3.14. The molecule has 0 aromatic heterocycles. The molecule has 0 spiro atoms. The van der Waals surface area contributed by atoms with Crippen molar-refractivity contribution >= 4 is 0 Å². The molecule has 88 valence electrons. The lowest BCUT2D eigenvalue weighted by atomic mass is 9.89. The zero-order chi connectivity index (χ0) is 11.5. The molecule has 2 rings (SSSR count). The lowest BCUT2D eigenvalue weighted by Gasteiger charge is -2.20. The van der Waals surface area contributed by atoms with E-state index in [1.165, 1.54) is 48.8 Å². The Morgan fingerprint density at radius 2 is 1.75 bits per heavy atom. The lowest BCUT2D eigenvalue weighted by molar-refractivity contribution is 0.449. The Labute approximate surface area is 99.0 Å². The molecule has 1 atom stereocenters. The van der Waals surface area contributed by atoms with Gasteiger partial charge < -0.3 is 5.73 Å². The molecule has 1 heteroatoms. The van der Waals surface area contributed by atoms with E-state index in [9.17, 15) is 0 Å². The Bertz CT molecular complexity index is 330. The molecule has 0 bridgehead atoms. The summed E-state index contributed by atoms with van der Waals surface area (Å²) in [6.45, 7) is 4.35. The smallest absolute Gasteiger partial charge is 0.0302 e. The Kier molecular flexibility index (Phi) is 3.65. The average molecular weight is 217 g/mol. The maximum atomic E-state index is 6.38. The molecule has 1 aromatic rings. The highest BCUT2D eigenvalue weighted by atomic mass is 14.6. The van der Waals surface area contributed by atoms with Crippen LogP contribution in [0.5, 0.6) is 0 Å². The summed E-state index contributed by atoms with van der Waals surface area (Å²) >= 11 is 0. The SMILES string of the molecule is Cc1cccc(C)c1C(N)CC1CCCC1. The van der Waals surface area contributed by atoms with Crippen molar-refractivity contribution in [1.82, 2.24) is 0 Å². The van der Waals surface area contributed by atoms with Gasteiger partial charge in [0, 0.05) is 6.04 Å². The van der Waals surface area contributed by atoms with Gasteiger partial charge in [-0.3, -0.25) is 0 Å². The third-order valence-corrected chi connectivity index (χ3v) is 3.97. The molecule has 1 aromatic carbocycles. The lowest BCUT2D eigenvalue weighted by Crippen LogP contribution is -2.16. The molecule has 0 aliphatic heterocycles. The monoisotopic (exact) mass is 217 g/mol. The van der Waals surface area contributed by atoms with Gasteiger partial charge in [-0.25, -0.2) is 0 Å². The Morgan fingerprint density at radius 1 is 1.19 bits per heavy atom.